The molecule has 2 heterocycles. The van der Waals surface area contributed by atoms with Crippen molar-refractivity contribution in [2.24, 2.45) is 0 Å². The van der Waals surface area contributed by atoms with Crippen LogP contribution in [0.4, 0.5) is 0 Å². The molecule has 2 aliphatic rings. The molecule has 0 aromatic heterocycles. The fourth-order valence-corrected chi connectivity index (χ4v) is 4.62. The Kier molecular flexibility index (Phi) is 51.8. The first kappa shape index (κ1) is 77.1. The second-order valence-electron chi connectivity index (χ2n) is 18.1. The highest BCUT2D eigenvalue weighted by atomic mass is 16.7. The van der Waals surface area contributed by atoms with Crippen molar-refractivity contribution in [3.63, 3.8) is 0 Å². The third-order valence-electron chi connectivity index (χ3n) is 7.36. The van der Waals surface area contributed by atoms with Crippen molar-refractivity contribution in [2.45, 2.75) is 137 Å². The average molecular weight is 1090 g/mol. The molecule has 0 aromatic rings. The summed E-state index contributed by atoms with van der Waals surface area (Å²) in [6.45, 7) is 32.8. The lowest BCUT2D eigenvalue weighted by Gasteiger charge is -2.22. The predicted octanol–water partition coefficient (Wildman–Crippen LogP) is 4.04. The van der Waals surface area contributed by atoms with Crippen LogP contribution in [0, 0.1) is 0 Å². The van der Waals surface area contributed by atoms with Gasteiger partial charge in [-0.15, -0.1) is 24.8 Å². The molecule has 2 aliphatic heterocycles. The number of ether oxygens (including phenoxy) is 12. The minimum atomic E-state index is -1.06. The van der Waals surface area contributed by atoms with Gasteiger partial charge in [0.05, 0.1) is 85.9 Å². The lowest BCUT2D eigenvalue weighted by Crippen LogP contribution is -2.36. The van der Waals surface area contributed by atoms with E-state index >= 15 is 0 Å². The summed E-state index contributed by atoms with van der Waals surface area (Å²) in [5, 5.41) is 34.9. The summed E-state index contributed by atoms with van der Waals surface area (Å²) >= 11 is 0. The first-order valence-electron chi connectivity index (χ1n) is 24.6. The van der Waals surface area contributed by atoms with E-state index in [1.807, 2.05) is 41.5 Å². The molecule has 24 nitrogen and oxygen atoms in total. The molecule has 1 amide bonds. The Balaban J connectivity index is -0.000000410. The van der Waals surface area contributed by atoms with Crippen LogP contribution in [0.5, 0.6) is 0 Å². The first-order chi connectivity index (χ1) is 35.2. The number of aliphatic carboxylic acids is 1. The summed E-state index contributed by atoms with van der Waals surface area (Å²) in [7, 11) is 0. The molecule has 2 unspecified atom stereocenters. The maximum atomic E-state index is 11.3. The maximum Gasteiger partial charge on any atom is 0.358 e. The minimum absolute atomic E-state index is 0.0330. The Bertz CT molecular complexity index is 1480. The van der Waals surface area contributed by atoms with E-state index in [2.05, 4.69) is 29.3 Å². The molecule has 0 spiro atoms. The zero-order valence-corrected chi connectivity index (χ0v) is 46.5. The number of aliphatic hydroxyl groups excluding tert-OH is 3. The van der Waals surface area contributed by atoms with E-state index in [1.165, 1.54) is 6.42 Å². The SMILES string of the molecule is C=CCOCCOCC(=O)O.C=CCOCCOCC(=O)OC(C)(C)C.C=CCOCCOCC(=O)ON1C(=O)CCC1O.CC(C)(C)OC(=O)COCCO.CCC(=O)OC(C)(C)C.OCCOC1CCCCO1. The predicted molar refractivity (Wildman–Crippen MR) is 274 cm³/mol. The minimum Gasteiger partial charge on any atom is -0.480 e. The van der Waals surface area contributed by atoms with E-state index in [1.54, 1.807) is 45.9 Å². The molecule has 440 valence electrons. The molecule has 4 N–H and O–H groups in total. The van der Waals surface area contributed by atoms with E-state index in [0.717, 1.165) is 19.4 Å². The number of rotatable bonds is 30. The quantitative estimate of drug-likeness (QED) is 0.0341. The largest absolute Gasteiger partial charge is 0.480 e. The van der Waals surface area contributed by atoms with Crippen molar-refractivity contribution in [3.8, 4) is 0 Å². The first-order valence-corrected chi connectivity index (χ1v) is 24.6. The lowest BCUT2D eigenvalue weighted by molar-refractivity contribution is -0.223. The molecule has 2 saturated heterocycles. The highest BCUT2D eigenvalue weighted by Gasteiger charge is 2.33. The number of carboxylic acids is 1. The van der Waals surface area contributed by atoms with Gasteiger partial charge in [-0.25, -0.2) is 19.2 Å². The number of esters is 3. The Morgan fingerprint density at radius 1 is 0.587 bits per heavy atom. The van der Waals surface area contributed by atoms with E-state index in [9.17, 15) is 33.9 Å². The molecule has 0 bridgehead atoms. The maximum absolute atomic E-state index is 11.3. The Morgan fingerprint density at radius 3 is 1.32 bits per heavy atom. The molecular weight excluding hydrogens is 995 g/mol. The van der Waals surface area contributed by atoms with Gasteiger partial charge in [0, 0.05) is 25.9 Å². The van der Waals surface area contributed by atoms with Crippen LogP contribution in [-0.2, 0) is 90.4 Å². The molecule has 0 radical (unpaired) electrons. The van der Waals surface area contributed by atoms with E-state index in [4.69, 9.17) is 67.4 Å². The molecule has 24 heteroatoms. The van der Waals surface area contributed by atoms with Crippen molar-refractivity contribution >= 4 is 35.8 Å². The summed E-state index contributed by atoms with van der Waals surface area (Å²) in [6.07, 6.45) is 7.96. The molecule has 2 rings (SSSR count). The number of hydrogen-bond donors (Lipinski definition) is 4. The normalized spacial score (nSPS) is 14.9. The van der Waals surface area contributed by atoms with Gasteiger partial charge in [-0.05, 0) is 81.6 Å². The average Bonchev–Trinajstić information content (AvgIpc) is 3.63. The van der Waals surface area contributed by atoms with Gasteiger partial charge in [-0.1, -0.05) is 25.2 Å². The number of nitrogens with zero attached hydrogens (tertiary/aromatic N) is 1. The van der Waals surface area contributed by atoms with E-state index in [-0.39, 0.29) is 89.5 Å². The third kappa shape index (κ3) is 63.8. The van der Waals surface area contributed by atoms with Gasteiger partial charge in [-0.3, -0.25) is 9.59 Å². The van der Waals surface area contributed by atoms with Crippen LogP contribution < -0.4 is 0 Å². The number of carboxylic acid groups (broad SMARTS) is 1. The van der Waals surface area contributed by atoms with Crippen LogP contribution in [0.15, 0.2) is 38.0 Å². The van der Waals surface area contributed by atoms with Crippen molar-refractivity contribution < 1.29 is 111 Å². The van der Waals surface area contributed by atoms with Gasteiger partial charge in [-0.2, -0.15) is 0 Å². The molecule has 0 aliphatic carbocycles. The van der Waals surface area contributed by atoms with Crippen molar-refractivity contribution in [1.29, 1.82) is 0 Å². The molecule has 0 aromatic carbocycles. The molecular formula is C51H93NO23. The number of hydrogen-bond acceptors (Lipinski definition) is 22. The second-order valence-corrected chi connectivity index (χ2v) is 18.1. The monoisotopic (exact) mass is 1090 g/mol. The highest BCUT2D eigenvalue weighted by molar-refractivity contribution is 5.80. The molecule has 2 atom stereocenters. The number of amides is 1. The summed E-state index contributed by atoms with van der Waals surface area (Å²) in [5.41, 5.74) is -1.26. The number of carbonyl (C=O) groups excluding carboxylic acids is 5. The van der Waals surface area contributed by atoms with Crippen LogP contribution in [0.1, 0.15) is 108 Å². The van der Waals surface area contributed by atoms with Gasteiger partial charge >= 0.3 is 29.8 Å². The van der Waals surface area contributed by atoms with Gasteiger partial charge in [0.15, 0.2) is 12.5 Å². The summed E-state index contributed by atoms with van der Waals surface area (Å²) in [4.78, 5) is 69.7. The standard InChI is InChI=1S/C11H17NO6.C11H20O4.C8H16O4.C7H12O4.C7H14O3.C7H14O2/c1-2-5-16-6-7-17-8-11(15)18-12-9(13)3-4-10(12)14;1-5-6-13-7-8-14-9-10(12)15-11(2,3)4;1-8(2,3)12-7(10)6-11-5-4-9;1-2-3-10-4-5-11-6-7(8)9;8-4-6-10-7-3-1-2-5-9-7;1-5-6(8)9-7(2,3)4/h2,9,13H,1,3-8H2;5H,1,6-9H2,2-4H3;9H,4-6H2,1-3H3;2H,1,3-6H2,(H,8,9);7-8H,1-6H2;5H2,1-4H3. The summed E-state index contributed by atoms with van der Waals surface area (Å²) in [6, 6.07) is 0. The van der Waals surface area contributed by atoms with E-state index < -0.39 is 41.2 Å². The smallest absolute Gasteiger partial charge is 0.358 e. The summed E-state index contributed by atoms with van der Waals surface area (Å²) < 4.78 is 59.8. The van der Waals surface area contributed by atoms with Gasteiger partial charge < -0.3 is 82.1 Å². The van der Waals surface area contributed by atoms with Crippen molar-refractivity contribution in [1.82, 2.24) is 5.06 Å². The fraction of sp³-hybridized carbons (Fsp3) is 0.765. The number of hydroxylamine groups is 2. The van der Waals surface area contributed by atoms with Crippen LogP contribution in [-0.4, -0.2) is 209 Å². The highest BCUT2D eigenvalue weighted by Crippen LogP contribution is 2.17. The molecule has 2 fully saturated rings. The Labute approximate surface area is 444 Å². The summed E-state index contributed by atoms with van der Waals surface area (Å²) in [5.74, 6) is -3.00. The number of aliphatic hydroxyl groups is 3. The van der Waals surface area contributed by atoms with Gasteiger partial charge in [0.2, 0.25) is 0 Å². The Morgan fingerprint density at radius 2 is 0.987 bits per heavy atom. The molecule has 0 saturated carbocycles. The van der Waals surface area contributed by atoms with Gasteiger partial charge in [0.25, 0.3) is 5.91 Å². The van der Waals surface area contributed by atoms with Crippen LogP contribution in [0.3, 0.4) is 0 Å². The zero-order chi connectivity index (χ0) is 58.0. The van der Waals surface area contributed by atoms with Crippen molar-refractivity contribution in [2.75, 3.05) is 119 Å². The second kappa shape index (κ2) is 50.4. The third-order valence-corrected chi connectivity index (χ3v) is 7.36. The van der Waals surface area contributed by atoms with Crippen LogP contribution in [0.2, 0.25) is 0 Å². The van der Waals surface area contributed by atoms with Crippen LogP contribution >= 0.6 is 0 Å². The van der Waals surface area contributed by atoms with E-state index in [0.29, 0.717) is 70.9 Å². The Hall–Kier alpha value is -4.44. The molecule has 75 heavy (non-hydrogen) atoms. The lowest BCUT2D eigenvalue weighted by atomic mass is 10.2. The fourth-order valence-electron chi connectivity index (χ4n) is 4.62. The topological polar surface area (TPSA) is 307 Å². The van der Waals surface area contributed by atoms with Gasteiger partial charge in [0.1, 0.15) is 43.2 Å². The van der Waals surface area contributed by atoms with Crippen LogP contribution in [0.25, 0.3) is 0 Å². The number of carbonyl (C=O) groups is 6. The van der Waals surface area contributed by atoms with Crippen molar-refractivity contribution in [3.05, 3.63) is 38.0 Å². The zero-order valence-electron chi connectivity index (χ0n) is 46.5.